The van der Waals surface area contributed by atoms with Crippen LogP contribution >= 0.6 is 11.8 Å². The standard InChI is InChI=1S/C17H21N3O2S/c1-4-8-13-11-15(21)19-17(18-13)23-12(2)16(22)20(3)14-9-6-5-7-10-14/h5-7,9-12H,4,8H2,1-3H3,(H,18,19,21)/t12-/m1/s1. The van der Waals surface area contributed by atoms with E-state index in [1.807, 2.05) is 44.2 Å². The summed E-state index contributed by atoms with van der Waals surface area (Å²) in [4.78, 5) is 32.9. The number of nitrogens with zero attached hydrogens (tertiary/aromatic N) is 2. The molecule has 0 unspecified atom stereocenters. The van der Waals surface area contributed by atoms with Crippen LogP contribution in [0.2, 0.25) is 0 Å². The Kier molecular flexibility index (Phi) is 5.98. The first-order chi connectivity index (χ1) is 11.0. The number of thioether (sulfide) groups is 1. The molecular formula is C17H21N3O2S. The summed E-state index contributed by atoms with van der Waals surface area (Å²) in [5.41, 5.74) is 1.42. The minimum atomic E-state index is -0.347. The number of H-pyrrole nitrogens is 1. The van der Waals surface area contributed by atoms with Gasteiger partial charge in [0.2, 0.25) is 5.91 Å². The Balaban J connectivity index is 2.10. The molecule has 1 amide bonds. The fourth-order valence-electron chi connectivity index (χ4n) is 2.19. The Labute approximate surface area is 140 Å². The predicted octanol–water partition coefficient (Wildman–Crippen LogP) is 2.87. The van der Waals surface area contributed by atoms with E-state index in [0.717, 1.165) is 24.2 Å². The molecule has 2 aromatic rings. The second-order valence-corrected chi connectivity index (χ2v) is 6.61. The van der Waals surface area contributed by atoms with E-state index >= 15 is 0 Å². The van der Waals surface area contributed by atoms with Gasteiger partial charge in [-0.3, -0.25) is 9.59 Å². The Morgan fingerprint density at radius 2 is 2.04 bits per heavy atom. The van der Waals surface area contributed by atoms with Crippen LogP contribution in [0.5, 0.6) is 0 Å². The summed E-state index contributed by atoms with van der Waals surface area (Å²) >= 11 is 1.27. The van der Waals surface area contributed by atoms with Crippen molar-refractivity contribution in [3.63, 3.8) is 0 Å². The molecule has 0 spiro atoms. The minimum Gasteiger partial charge on any atom is -0.315 e. The molecular weight excluding hydrogens is 310 g/mol. The zero-order chi connectivity index (χ0) is 16.8. The number of para-hydroxylation sites is 1. The first-order valence-corrected chi connectivity index (χ1v) is 8.48. The van der Waals surface area contributed by atoms with Gasteiger partial charge < -0.3 is 9.88 Å². The van der Waals surface area contributed by atoms with E-state index in [1.165, 1.54) is 17.8 Å². The maximum atomic E-state index is 12.5. The van der Waals surface area contributed by atoms with Crippen molar-refractivity contribution in [2.45, 2.75) is 37.1 Å². The third-order valence-electron chi connectivity index (χ3n) is 3.39. The number of hydrogen-bond donors (Lipinski definition) is 1. The number of carbonyl (C=O) groups excluding carboxylic acids is 1. The Morgan fingerprint density at radius 1 is 1.35 bits per heavy atom. The van der Waals surface area contributed by atoms with Crippen molar-refractivity contribution in [1.29, 1.82) is 0 Å². The number of aromatic amines is 1. The molecule has 1 atom stereocenters. The van der Waals surface area contributed by atoms with E-state index in [9.17, 15) is 9.59 Å². The van der Waals surface area contributed by atoms with Gasteiger partial charge in [0.05, 0.1) is 5.25 Å². The van der Waals surface area contributed by atoms with Crippen LogP contribution in [0.3, 0.4) is 0 Å². The van der Waals surface area contributed by atoms with Crippen LogP contribution in [0.25, 0.3) is 0 Å². The third-order valence-corrected chi connectivity index (χ3v) is 4.36. The molecule has 6 heteroatoms. The van der Waals surface area contributed by atoms with Crippen LogP contribution in [0.15, 0.2) is 46.3 Å². The van der Waals surface area contributed by atoms with Gasteiger partial charge in [-0.1, -0.05) is 43.3 Å². The SMILES string of the molecule is CCCc1cc(=O)[nH]c(S[C@H](C)C(=O)N(C)c2ccccc2)n1. The lowest BCUT2D eigenvalue weighted by Gasteiger charge is -2.20. The second kappa shape index (κ2) is 7.97. The average molecular weight is 331 g/mol. The number of carbonyl (C=O) groups is 1. The number of benzene rings is 1. The monoisotopic (exact) mass is 331 g/mol. The lowest BCUT2D eigenvalue weighted by molar-refractivity contribution is -0.117. The lowest BCUT2D eigenvalue weighted by Crippen LogP contribution is -2.33. The van der Waals surface area contributed by atoms with Crippen LogP contribution in [-0.4, -0.2) is 28.2 Å². The van der Waals surface area contributed by atoms with E-state index in [4.69, 9.17) is 0 Å². The Morgan fingerprint density at radius 3 is 2.70 bits per heavy atom. The number of nitrogens with one attached hydrogen (secondary N) is 1. The first-order valence-electron chi connectivity index (χ1n) is 7.60. The number of aromatic nitrogens is 2. The zero-order valence-electron chi connectivity index (χ0n) is 13.6. The molecule has 0 aliphatic rings. The molecule has 1 N–H and O–H groups in total. The summed E-state index contributed by atoms with van der Waals surface area (Å²) in [7, 11) is 1.75. The molecule has 0 saturated heterocycles. The van der Waals surface area contributed by atoms with Crippen molar-refractivity contribution in [3.8, 4) is 0 Å². The molecule has 1 aromatic carbocycles. The molecule has 122 valence electrons. The van der Waals surface area contributed by atoms with Gasteiger partial charge in [0.15, 0.2) is 5.16 Å². The smallest absolute Gasteiger partial charge is 0.251 e. The van der Waals surface area contributed by atoms with Crippen LogP contribution < -0.4 is 10.5 Å². The highest BCUT2D eigenvalue weighted by Crippen LogP contribution is 2.22. The molecule has 2 rings (SSSR count). The summed E-state index contributed by atoms with van der Waals surface area (Å²) in [5, 5.41) is 0.142. The molecule has 5 nitrogen and oxygen atoms in total. The highest BCUT2D eigenvalue weighted by Gasteiger charge is 2.21. The van der Waals surface area contributed by atoms with Crippen molar-refractivity contribution in [1.82, 2.24) is 9.97 Å². The van der Waals surface area contributed by atoms with Gasteiger partial charge in [-0.2, -0.15) is 0 Å². The number of hydrogen-bond acceptors (Lipinski definition) is 4. The van der Waals surface area contributed by atoms with Gasteiger partial charge in [-0.25, -0.2) is 4.98 Å². The van der Waals surface area contributed by atoms with Crippen molar-refractivity contribution in [2.75, 3.05) is 11.9 Å². The van der Waals surface area contributed by atoms with Gasteiger partial charge in [0, 0.05) is 24.5 Å². The summed E-state index contributed by atoms with van der Waals surface area (Å²) in [6, 6.07) is 11.0. The maximum Gasteiger partial charge on any atom is 0.251 e. The topological polar surface area (TPSA) is 66.1 Å². The summed E-state index contributed by atoms with van der Waals surface area (Å²) in [5.74, 6) is -0.0373. The van der Waals surface area contributed by atoms with Gasteiger partial charge in [0.25, 0.3) is 5.56 Å². The van der Waals surface area contributed by atoms with E-state index in [-0.39, 0.29) is 16.7 Å². The summed E-state index contributed by atoms with van der Waals surface area (Å²) in [6.45, 7) is 3.86. The van der Waals surface area contributed by atoms with Gasteiger partial charge in [0.1, 0.15) is 0 Å². The highest BCUT2D eigenvalue weighted by atomic mass is 32.2. The number of anilines is 1. The molecule has 23 heavy (non-hydrogen) atoms. The van der Waals surface area contributed by atoms with Crippen molar-refractivity contribution in [3.05, 3.63) is 52.4 Å². The van der Waals surface area contributed by atoms with Crippen LogP contribution in [0.1, 0.15) is 26.0 Å². The number of amides is 1. The normalized spacial score (nSPS) is 12.0. The van der Waals surface area contributed by atoms with E-state index < -0.39 is 0 Å². The molecule has 0 aliphatic carbocycles. The zero-order valence-corrected chi connectivity index (χ0v) is 14.4. The Bertz CT molecular complexity index is 715. The van der Waals surface area contributed by atoms with E-state index in [1.54, 1.807) is 11.9 Å². The molecule has 0 aliphatic heterocycles. The fourth-order valence-corrected chi connectivity index (χ4v) is 3.12. The van der Waals surface area contributed by atoms with E-state index in [0.29, 0.717) is 5.16 Å². The maximum absolute atomic E-state index is 12.5. The summed E-state index contributed by atoms with van der Waals surface area (Å²) < 4.78 is 0. The third kappa shape index (κ3) is 4.69. The van der Waals surface area contributed by atoms with Gasteiger partial charge in [-0.05, 0) is 25.5 Å². The van der Waals surface area contributed by atoms with Crippen molar-refractivity contribution < 1.29 is 4.79 Å². The lowest BCUT2D eigenvalue weighted by atomic mass is 10.2. The molecule has 0 fully saturated rings. The molecule has 0 radical (unpaired) electrons. The fraction of sp³-hybridized carbons (Fsp3) is 0.353. The van der Waals surface area contributed by atoms with Gasteiger partial charge >= 0.3 is 0 Å². The van der Waals surface area contributed by atoms with E-state index in [2.05, 4.69) is 9.97 Å². The van der Waals surface area contributed by atoms with Crippen molar-refractivity contribution >= 4 is 23.4 Å². The number of rotatable bonds is 6. The average Bonchev–Trinajstić information content (AvgIpc) is 2.54. The second-order valence-electron chi connectivity index (χ2n) is 5.28. The van der Waals surface area contributed by atoms with Crippen LogP contribution in [0.4, 0.5) is 5.69 Å². The largest absolute Gasteiger partial charge is 0.315 e. The quantitative estimate of drug-likeness (QED) is 0.653. The van der Waals surface area contributed by atoms with Gasteiger partial charge in [-0.15, -0.1) is 0 Å². The van der Waals surface area contributed by atoms with Crippen molar-refractivity contribution in [2.24, 2.45) is 0 Å². The summed E-state index contributed by atoms with van der Waals surface area (Å²) in [6.07, 6.45) is 1.68. The molecule has 0 bridgehead atoms. The van der Waals surface area contributed by atoms with Crippen LogP contribution in [0, 0.1) is 0 Å². The molecule has 1 heterocycles. The first kappa shape index (κ1) is 17.3. The molecule has 0 saturated carbocycles. The minimum absolute atomic E-state index is 0.0373. The number of aryl methyl sites for hydroxylation is 1. The predicted molar refractivity (Wildman–Crippen MR) is 94.0 cm³/mol. The Hall–Kier alpha value is -2.08. The van der Waals surface area contributed by atoms with Crippen LogP contribution in [-0.2, 0) is 11.2 Å². The molecule has 1 aromatic heterocycles. The highest BCUT2D eigenvalue weighted by molar-refractivity contribution is 8.00.